The lowest BCUT2D eigenvalue weighted by molar-refractivity contribution is 0.621. The maximum absolute atomic E-state index is 13.2. The van der Waals surface area contributed by atoms with Crippen LogP contribution in [0.2, 0.25) is 0 Å². The third kappa shape index (κ3) is 3.58. The van der Waals surface area contributed by atoms with Crippen molar-refractivity contribution in [2.24, 2.45) is 5.73 Å². The predicted octanol–water partition coefficient (Wildman–Crippen LogP) is 3.24. The SMILES string of the molecule is Cc1cc(CC(C)N)nc(-c2ccc(F)c(Br)c2)n1. The molecule has 0 aliphatic carbocycles. The summed E-state index contributed by atoms with van der Waals surface area (Å²) in [5.74, 6) is 0.295. The third-order valence-corrected chi connectivity index (χ3v) is 3.22. The number of halogens is 2. The van der Waals surface area contributed by atoms with E-state index >= 15 is 0 Å². The van der Waals surface area contributed by atoms with Crippen LogP contribution in [0.5, 0.6) is 0 Å². The van der Waals surface area contributed by atoms with Gasteiger partial charge in [-0.1, -0.05) is 0 Å². The zero-order chi connectivity index (χ0) is 14.0. The lowest BCUT2D eigenvalue weighted by Crippen LogP contribution is -2.19. The summed E-state index contributed by atoms with van der Waals surface area (Å²) in [4.78, 5) is 8.87. The summed E-state index contributed by atoms with van der Waals surface area (Å²) in [6, 6.07) is 6.72. The molecular weight excluding hydrogens is 309 g/mol. The molecule has 0 spiro atoms. The monoisotopic (exact) mass is 323 g/mol. The van der Waals surface area contributed by atoms with E-state index in [9.17, 15) is 4.39 Å². The highest BCUT2D eigenvalue weighted by Crippen LogP contribution is 2.23. The minimum absolute atomic E-state index is 0.0436. The van der Waals surface area contributed by atoms with Crippen molar-refractivity contribution in [3.05, 3.63) is 45.9 Å². The molecule has 0 amide bonds. The fourth-order valence-corrected chi connectivity index (χ4v) is 2.21. The van der Waals surface area contributed by atoms with Crippen LogP contribution in [0.3, 0.4) is 0 Å². The summed E-state index contributed by atoms with van der Waals surface area (Å²) in [5, 5.41) is 0. The second-order valence-corrected chi connectivity index (χ2v) is 5.49. The molecule has 1 aromatic heterocycles. The highest BCUT2D eigenvalue weighted by Gasteiger charge is 2.08. The van der Waals surface area contributed by atoms with Crippen molar-refractivity contribution in [1.82, 2.24) is 9.97 Å². The van der Waals surface area contributed by atoms with E-state index < -0.39 is 0 Å². The molecule has 0 bridgehead atoms. The van der Waals surface area contributed by atoms with Crippen LogP contribution < -0.4 is 5.73 Å². The Labute approximate surface area is 120 Å². The highest BCUT2D eigenvalue weighted by atomic mass is 79.9. The van der Waals surface area contributed by atoms with E-state index in [2.05, 4.69) is 25.9 Å². The molecule has 0 saturated heterocycles. The standard InChI is InChI=1S/C14H15BrFN3/c1-8(17)5-11-6-9(2)18-14(19-11)10-3-4-13(16)12(15)7-10/h3-4,6-8H,5,17H2,1-2H3. The smallest absolute Gasteiger partial charge is 0.159 e. The molecule has 0 aliphatic heterocycles. The van der Waals surface area contributed by atoms with Gasteiger partial charge in [0, 0.05) is 29.4 Å². The van der Waals surface area contributed by atoms with Gasteiger partial charge in [-0.05, 0) is 54.0 Å². The van der Waals surface area contributed by atoms with Gasteiger partial charge in [-0.2, -0.15) is 0 Å². The summed E-state index contributed by atoms with van der Waals surface area (Å²) >= 11 is 3.17. The van der Waals surface area contributed by atoms with Crippen LogP contribution in [-0.2, 0) is 6.42 Å². The summed E-state index contributed by atoms with van der Waals surface area (Å²) in [5.41, 5.74) is 8.35. The van der Waals surface area contributed by atoms with Crippen molar-refractivity contribution >= 4 is 15.9 Å². The first-order chi connectivity index (χ1) is 8.95. The molecule has 1 aromatic carbocycles. The molecular formula is C14H15BrFN3. The molecule has 1 unspecified atom stereocenters. The molecule has 1 heterocycles. The van der Waals surface area contributed by atoms with Crippen LogP contribution >= 0.6 is 15.9 Å². The minimum atomic E-state index is -0.299. The normalized spacial score (nSPS) is 12.5. The van der Waals surface area contributed by atoms with Gasteiger partial charge in [-0.25, -0.2) is 14.4 Å². The van der Waals surface area contributed by atoms with Crippen LogP contribution in [0.1, 0.15) is 18.3 Å². The topological polar surface area (TPSA) is 51.8 Å². The largest absolute Gasteiger partial charge is 0.328 e. The number of benzene rings is 1. The van der Waals surface area contributed by atoms with Gasteiger partial charge in [-0.15, -0.1) is 0 Å². The van der Waals surface area contributed by atoms with Crippen molar-refractivity contribution in [1.29, 1.82) is 0 Å². The molecule has 1 atom stereocenters. The third-order valence-electron chi connectivity index (χ3n) is 2.62. The van der Waals surface area contributed by atoms with E-state index in [1.807, 2.05) is 19.9 Å². The Hall–Kier alpha value is -1.33. The van der Waals surface area contributed by atoms with Gasteiger partial charge in [0.25, 0.3) is 0 Å². The fraction of sp³-hybridized carbons (Fsp3) is 0.286. The van der Waals surface area contributed by atoms with E-state index in [-0.39, 0.29) is 11.9 Å². The number of nitrogens with two attached hydrogens (primary N) is 1. The Kier molecular flexibility index (Phi) is 4.27. The van der Waals surface area contributed by atoms with Crippen LogP contribution in [0.4, 0.5) is 4.39 Å². The average Bonchev–Trinajstić information content (AvgIpc) is 2.31. The molecule has 0 fully saturated rings. The van der Waals surface area contributed by atoms with Crippen LogP contribution in [0, 0.1) is 12.7 Å². The Morgan fingerprint density at radius 1 is 1.32 bits per heavy atom. The molecule has 5 heteroatoms. The molecule has 19 heavy (non-hydrogen) atoms. The molecule has 3 nitrogen and oxygen atoms in total. The average molecular weight is 324 g/mol. The fourth-order valence-electron chi connectivity index (χ4n) is 1.83. The van der Waals surface area contributed by atoms with Crippen molar-refractivity contribution in [3.63, 3.8) is 0 Å². The van der Waals surface area contributed by atoms with Gasteiger partial charge in [0.2, 0.25) is 0 Å². The predicted molar refractivity (Wildman–Crippen MR) is 77.2 cm³/mol. The van der Waals surface area contributed by atoms with E-state index in [1.165, 1.54) is 6.07 Å². The Balaban J connectivity index is 2.43. The number of aromatic nitrogens is 2. The van der Waals surface area contributed by atoms with E-state index in [0.717, 1.165) is 17.0 Å². The minimum Gasteiger partial charge on any atom is -0.328 e. The van der Waals surface area contributed by atoms with Crippen LogP contribution in [0.15, 0.2) is 28.7 Å². The van der Waals surface area contributed by atoms with Crippen LogP contribution in [0.25, 0.3) is 11.4 Å². The summed E-state index contributed by atoms with van der Waals surface area (Å²) in [6.07, 6.45) is 0.693. The maximum Gasteiger partial charge on any atom is 0.159 e. The van der Waals surface area contributed by atoms with Gasteiger partial charge < -0.3 is 5.73 Å². The Bertz CT molecular complexity index is 599. The van der Waals surface area contributed by atoms with Gasteiger partial charge in [0.05, 0.1) is 4.47 Å². The summed E-state index contributed by atoms with van der Waals surface area (Å²) in [6.45, 7) is 3.85. The van der Waals surface area contributed by atoms with Gasteiger partial charge >= 0.3 is 0 Å². The van der Waals surface area contributed by atoms with Crippen molar-refractivity contribution in [2.45, 2.75) is 26.3 Å². The highest BCUT2D eigenvalue weighted by molar-refractivity contribution is 9.10. The molecule has 0 aliphatic rings. The van der Waals surface area contributed by atoms with Crippen LogP contribution in [-0.4, -0.2) is 16.0 Å². The Morgan fingerprint density at radius 2 is 2.05 bits per heavy atom. The molecule has 2 N–H and O–H groups in total. The molecule has 0 saturated carbocycles. The lowest BCUT2D eigenvalue weighted by Gasteiger charge is -2.08. The van der Waals surface area contributed by atoms with Crippen molar-refractivity contribution < 1.29 is 4.39 Å². The van der Waals surface area contributed by atoms with Gasteiger partial charge in [0.1, 0.15) is 5.82 Å². The van der Waals surface area contributed by atoms with E-state index in [0.29, 0.717) is 16.7 Å². The summed E-state index contributed by atoms with van der Waals surface area (Å²) < 4.78 is 13.6. The quantitative estimate of drug-likeness (QED) is 0.943. The van der Waals surface area contributed by atoms with E-state index in [1.54, 1.807) is 12.1 Å². The molecule has 0 radical (unpaired) electrons. The first-order valence-electron chi connectivity index (χ1n) is 6.01. The molecule has 100 valence electrons. The van der Waals surface area contributed by atoms with E-state index in [4.69, 9.17) is 5.73 Å². The summed E-state index contributed by atoms with van der Waals surface area (Å²) in [7, 11) is 0. The van der Waals surface area contributed by atoms with Crippen molar-refractivity contribution in [2.75, 3.05) is 0 Å². The van der Waals surface area contributed by atoms with Gasteiger partial charge in [-0.3, -0.25) is 0 Å². The number of hydrogen-bond donors (Lipinski definition) is 1. The first-order valence-corrected chi connectivity index (χ1v) is 6.80. The molecule has 2 aromatic rings. The zero-order valence-corrected chi connectivity index (χ0v) is 12.4. The Morgan fingerprint density at radius 3 is 2.68 bits per heavy atom. The number of nitrogens with zero attached hydrogens (tertiary/aromatic N) is 2. The number of rotatable bonds is 3. The second kappa shape index (κ2) is 5.75. The number of aryl methyl sites for hydroxylation is 1. The first kappa shape index (κ1) is 14.1. The zero-order valence-electron chi connectivity index (χ0n) is 10.8. The number of hydrogen-bond acceptors (Lipinski definition) is 3. The van der Waals surface area contributed by atoms with Crippen molar-refractivity contribution in [3.8, 4) is 11.4 Å². The van der Waals surface area contributed by atoms with Gasteiger partial charge in [0.15, 0.2) is 5.82 Å². The lowest BCUT2D eigenvalue weighted by atomic mass is 10.1. The maximum atomic E-state index is 13.2. The molecule has 2 rings (SSSR count). The second-order valence-electron chi connectivity index (χ2n) is 4.63.